The van der Waals surface area contributed by atoms with Crippen molar-refractivity contribution in [3.8, 4) is 0 Å². The highest BCUT2D eigenvalue weighted by Gasteiger charge is 2.43. The van der Waals surface area contributed by atoms with Gasteiger partial charge in [-0.15, -0.1) is 0 Å². The van der Waals surface area contributed by atoms with Gasteiger partial charge in [-0.2, -0.15) is 0 Å². The predicted octanol–water partition coefficient (Wildman–Crippen LogP) is 3.16. The number of H-pyrrole nitrogens is 1. The lowest BCUT2D eigenvalue weighted by Crippen LogP contribution is -2.46. The van der Waals surface area contributed by atoms with Gasteiger partial charge in [-0.3, -0.25) is 4.90 Å². The maximum atomic E-state index is 11.3. The molecule has 21 heavy (non-hydrogen) atoms. The Morgan fingerprint density at radius 1 is 1.33 bits per heavy atom. The number of aliphatic hydroxyl groups is 1. The van der Waals surface area contributed by atoms with Gasteiger partial charge in [-0.05, 0) is 38.4 Å². The van der Waals surface area contributed by atoms with Crippen LogP contribution in [-0.4, -0.2) is 28.1 Å². The topological polar surface area (TPSA) is 39.3 Å². The highest BCUT2D eigenvalue weighted by atomic mass is 16.3. The Kier molecular flexibility index (Phi) is 2.78. The predicted molar refractivity (Wildman–Crippen MR) is 85.0 cm³/mol. The quantitative estimate of drug-likeness (QED) is 0.729. The van der Waals surface area contributed by atoms with Crippen LogP contribution in [0.15, 0.2) is 35.9 Å². The van der Waals surface area contributed by atoms with E-state index in [1.54, 1.807) is 0 Å². The van der Waals surface area contributed by atoms with Crippen LogP contribution in [0.3, 0.4) is 0 Å². The van der Waals surface area contributed by atoms with Crippen LogP contribution in [-0.2, 0) is 12.1 Å². The summed E-state index contributed by atoms with van der Waals surface area (Å²) in [4.78, 5) is 6.00. The SMILES string of the molecule is C/C=C1/CN2CCC1[C@@](C)(O)c1[nH]c3ccccc3c1C2. The average molecular weight is 282 g/mol. The second-order valence-electron chi connectivity index (χ2n) is 6.59. The van der Waals surface area contributed by atoms with E-state index in [9.17, 15) is 5.11 Å². The summed E-state index contributed by atoms with van der Waals surface area (Å²) < 4.78 is 0. The molecule has 0 spiro atoms. The molecule has 5 rings (SSSR count). The van der Waals surface area contributed by atoms with E-state index in [1.807, 2.05) is 13.0 Å². The van der Waals surface area contributed by atoms with E-state index in [4.69, 9.17) is 0 Å². The van der Waals surface area contributed by atoms with E-state index in [0.29, 0.717) is 0 Å². The molecule has 0 aliphatic carbocycles. The minimum atomic E-state index is -0.817. The van der Waals surface area contributed by atoms with Gasteiger partial charge in [0.2, 0.25) is 0 Å². The zero-order valence-corrected chi connectivity index (χ0v) is 12.7. The molecule has 1 saturated heterocycles. The molecule has 1 aromatic carbocycles. The van der Waals surface area contributed by atoms with Gasteiger partial charge in [0.05, 0.1) is 5.69 Å². The van der Waals surface area contributed by atoms with E-state index < -0.39 is 5.60 Å². The number of allylic oxidation sites excluding steroid dienone is 1. The van der Waals surface area contributed by atoms with Crippen LogP contribution in [0.25, 0.3) is 10.9 Å². The zero-order chi connectivity index (χ0) is 14.6. The van der Waals surface area contributed by atoms with Gasteiger partial charge >= 0.3 is 0 Å². The maximum Gasteiger partial charge on any atom is 0.108 e. The first-order valence-corrected chi connectivity index (χ1v) is 7.81. The third kappa shape index (κ3) is 1.81. The molecule has 3 heteroatoms. The third-order valence-corrected chi connectivity index (χ3v) is 5.34. The van der Waals surface area contributed by atoms with Crippen molar-refractivity contribution >= 4 is 10.9 Å². The average Bonchev–Trinajstić information content (AvgIpc) is 2.85. The fourth-order valence-corrected chi connectivity index (χ4v) is 4.21. The number of aromatic amines is 1. The molecular weight excluding hydrogens is 260 g/mol. The lowest BCUT2D eigenvalue weighted by atomic mass is 9.74. The van der Waals surface area contributed by atoms with Crippen molar-refractivity contribution in [3.05, 3.63) is 47.2 Å². The molecule has 3 aliphatic rings. The number of benzene rings is 1. The Hall–Kier alpha value is -1.58. The molecule has 0 amide bonds. The van der Waals surface area contributed by atoms with E-state index in [-0.39, 0.29) is 5.92 Å². The second-order valence-corrected chi connectivity index (χ2v) is 6.59. The van der Waals surface area contributed by atoms with Crippen LogP contribution in [0.1, 0.15) is 31.5 Å². The molecule has 0 radical (unpaired) electrons. The maximum absolute atomic E-state index is 11.3. The molecular formula is C18H22N2O. The molecule has 1 aromatic heterocycles. The third-order valence-electron chi connectivity index (χ3n) is 5.34. The minimum Gasteiger partial charge on any atom is -0.383 e. The van der Waals surface area contributed by atoms with Crippen LogP contribution < -0.4 is 0 Å². The number of nitrogens with zero attached hydrogens (tertiary/aromatic N) is 1. The lowest BCUT2D eigenvalue weighted by Gasteiger charge is -2.44. The van der Waals surface area contributed by atoms with Crippen LogP contribution in [0.5, 0.6) is 0 Å². The second kappa shape index (κ2) is 4.46. The summed E-state index contributed by atoms with van der Waals surface area (Å²) in [7, 11) is 0. The Morgan fingerprint density at radius 2 is 2.14 bits per heavy atom. The molecule has 3 atom stereocenters. The van der Waals surface area contributed by atoms with Gasteiger partial charge < -0.3 is 10.1 Å². The minimum absolute atomic E-state index is 0.214. The molecule has 3 aliphatic heterocycles. The molecule has 110 valence electrons. The summed E-state index contributed by atoms with van der Waals surface area (Å²) in [6, 6.07) is 8.39. The first-order valence-electron chi connectivity index (χ1n) is 7.81. The van der Waals surface area contributed by atoms with Crippen molar-refractivity contribution in [3.63, 3.8) is 0 Å². The molecule has 3 nitrogen and oxygen atoms in total. The van der Waals surface area contributed by atoms with Crippen molar-refractivity contribution in [1.82, 2.24) is 9.88 Å². The van der Waals surface area contributed by atoms with Gasteiger partial charge in [0.25, 0.3) is 0 Å². The fraction of sp³-hybridized carbons (Fsp3) is 0.444. The number of rotatable bonds is 0. The van der Waals surface area contributed by atoms with E-state index in [2.05, 4.69) is 41.1 Å². The summed E-state index contributed by atoms with van der Waals surface area (Å²) in [5, 5.41) is 12.6. The number of fused-ring (bicyclic) bond motifs is 3. The molecule has 0 saturated carbocycles. The van der Waals surface area contributed by atoms with Crippen LogP contribution in [0.2, 0.25) is 0 Å². The number of hydrogen-bond donors (Lipinski definition) is 2. The Morgan fingerprint density at radius 3 is 2.95 bits per heavy atom. The van der Waals surface area contributed by atoms with Gasteiger partial charge in [0.1, 0.15) is 5.60 Å². The van der Waals surface area contributed by atoms with Crippen molar-refractivity contribution in [1.29, 1.82) is 0 Å². The van der Waals surface area contributed by atoms with Crippen LogP contribution >= 0.6 is 0 Å². The monoisotopic (exact) mass is 282 g/mol. The Labute approximate surface area is 125 Å². The van der Waals surface area contributed by atoms with Crippen molar-refractivity contribution < 1.29 is 5.11 Å². The molecule has 4 heterocycles. The number of aromatic nitrogens is 1. The summed E-state index contributed by atoms with van der Waals surface area (Å²) in [6.07, 6.45) is 3.22. The van der Waals surface area contributed by atoms with Crippen LogP contribution in [0, 0.1) is 5.92 Å². The fourth-order valence-electron chi connectivity index (χ4n) is 4.21. The molecule has 2 aromatic rings. The van der Waals surface area contributed by atoms with Gasteiger partial charge in [0, 0.05) is 29.9 Å². The zero-order valence-electron chi connectivity index (χ0n) is 12.7. The summed E-state index contributed by atoms with van der Waals surface area (Å²) in [5.74, 6) is 0.214. The van der Waals surface area contributed by atoms with Crippen molar-refractivity contribution in [2.24, 2.45) is 5.92 Å². The molecule has 2 bridgehead atoms. The van der Waals surface area contributed by atoms with Crippen molar-refractivity contribution in [2.45, 2.75) is 32.4 Å². The Balaban J connectivity index is 1.99. The first-order chi connectivity index (χ1) is 10.1. The van der Waals surface area contributed by atoms with E-state index in [0.717, 1.165) is 37.3 Å². The number of para-hydroxylation sites is 1. The largest absolute Gasteiger partial charge is 0.383 e. The first kappa shape index (κ1) is 13.1. The van der Waals surface area contributed by atoms with Crippen LogP contribution in [0.4, 0.5) is 0 Å². The smallest absolute Gasteiger partial charge is 0.108 e. The van der Waals surface area contributed by atoms with E-state index in [1.165, 1.54) is 16.5 Å². The van der Waals surface area contributed by atoms with Crippen molar-refractivity contribution in [2.75, 3.05) is 13.1 Å². The summed E-state index contributed by atoms with van der Waals surface area (Å²) >= 11 is 0. The van der Waals surface area contributed by atoms with Gasteiger partial charge in [-0.25, -0.2) is 0 Å². The highest BCUT2D eigenvalue weighted by molar-refractivity contribution is 5.85. The summed E-state index contributed by atoms with van der Waals surface area (Å²) in [5.41, 5.74) is 3.97. The number of piperidine rings is 1. The summed E-state index contributed by atoms with van der Waals surface area (Å²) in [6.45, 7) is 7.04. The molecule has 2 N–H and O–H groups in total. The van der Waals surface area contributed by atoms with Gasteiger partial charge in [-0.1, -0.05) is 29.8 Å². The molecule has 2 unspecified atom stereocenters. The number of nitrogens with one attached hydrogen (secondary N) is 1. The highest BCUT2D eigenvalue weighted by Crippen LogP contribution is 2.44. The normalized spacial score (nSPS) is 34.0. The van der Waals surface area contributed by atoms with E-state index >= 15 is 0 Å². The Bertz CT molecular complexity index is 726. The van der Waals surface area contributed by atoms with Gasteiger partial charge in [0.15, 0.2) is 0 Å². The number of hydrogen-bond acceptors (Lipinski definition) is 2. The standard InChI is InChI=1S/C18H22N2O/c1-3-12-10-20-9-8-15(12)18(2,21)17-14(11-20)13-6-4-5-7-16(13)19-17/h3-7,15,19,21H,8-11H2,1-2H3/b12-3-/t15?,18-/m1/s1. The lowest BCUT2D eigenvalue weighted by molar-refractivity contribution is -0.0203. The molecule has 1 fully saturated rings.